The van der Waals surface area contributed by atoms with Gasteiger partial charge < -0.3 is 25.7 Å². The highest BCUT2D eigenvalue weighted by atomic mass is 16.3. The summed E-state index contributed by atoms with van der Waals surface area (Å²) >= 11 is 0. The molecule has 0 rings (SSSR count). The highest BCUT2D eigenvalue weighted by Gasteiger charge is 2.28. The Labute approximate surface area is 354 Å². The molecule has 6 nitrogen and oxygen atoms in total. The predicted molar refractivity (Wildman–Crippen MR) is 247 cm³/mol. The van der Waals surface area contributed by atoms with E-state index in [-0.39, 0.29) is 0 Å². The molecular formula is C51H97NO5. The van der Waals surface area contributed by atoms with Crippen LogP contribution in [-0.4, -0.2) is 57.3 Å². The molecule has 0 aliphatic rings. The van der Waals surface area contributed by atoms with Gasteiger partial charge in [0.05, 0.1) is 18.8 Å². The van der Waals surface area contributed by atoms with E-state index in [4.69, 9.17) is 0 Å². The molecule has 1 amide bonds. The summed E-state index contributed by atoms with van der Waals surface area (Å²) in [6.45, 7) is 4.05. The summed E-state index contributed by atoms with van der Waals surface area (Å²) in [5.74, 6) is -0.597. The largest absolute Gasteiger partial charge is 0.394 e. The number of rotatable bonds is 45. The molecule has 336 valence electrons. The summed E-state index contributed by atoms with van der Waals surface area (Å²) in [5.41, 5.74) is 0. The second-order valence-electron chi connectivity index (χ2n) is 17.2. The number of allylic oxidation sites excluding steroid dienone is 6. The number of unbranched alkanes of at least 4 members (excludes halogenated alkanes) is 30. The predicted octanol–water partition coefficient (Wildman–Crippen LogP) is 13.7. The summed E-state index contributed by atoms with van der Waals surface area (Å²) < 4.78 is 0. The molecule has 4 atom stereocenters. The van der Waals surface area contributed by atoms with Crippen molar-refractivity contribution in [2.45, 2.75) is 276 Å². The third-order valence-corrected chi connectivity index (χ3v) is 11.6. The van der Waals surface area contributed by atoms with Crippen LogP contribution in [0.2, 0.25) is 0 Å². The quantitative estimate of drug-likeness (QED) is 0.0311. The topological polar surface area (TPSA) is 110 Å². The second-order valence-corrected chi connectivity index (χ2v) is 17.2. The summed E-state index contributed by atoms with van der Waals surface area (Å²) in [6.07, 6.45) is 54.7. The zero-order valence-corrected chi connectivity index (χ0v) is 37.8. The van der Waals surface area contributed by atoms with Crippen molar-refractivity contribution < 1.29 is 25.2 Å². The molecule has 0 heterocycles. The molecule has 4 unspecified atom stereocenters. The van der Waals surface area contributed by atoms with E-state index in [9.17, 15) is 25.2 Å². The number of aliphatic hydroxyl groups excluding tert-OH is 4. The first kappa shape index (κ1) is 55.5. The van der Waals surface area contributed by atoms with Gasteiger partial charge in [-0.1, -0.05) is 217 Å². The van der Waals surface area contributed by atoms with Gasteiger partial charge in [0, 0.05) is 0 Å². The molecule has 6 heteroatoms. The van der Waals surface area contributed by atoms with Gasteiger partial charge >= 0.3 is 0 Å². The average Bonchev–Trinajstić information content (AvgIpc) is 3.22. The van der Waals surface area contributed by atoms with Gasteiger partial charge in [0.2, 0.25) is 5.91 Å². The summed E-state index contributed by atoms with van der Waals surface area (Å²) in [7, 11) is 0. The van der Waals surface area contributed by atoms with Crippen LogP contribution in [0.4, 0.5) is 0 Å². The Bertz CT molecular complexity index is 904. The van der Waals surface area contributed by atoms with Crippen LogP contribution in [0, 0.1) is 0 Å². The third kappa shape index (κ3) is 39.7. The zero-order chi connectivity index (χ0) is 41.7. The lowest BCUT2D eigenvalue weighted by Gasteiger charge is -2.27. The first-order valence-electron chi connectivity index (χ1n) is 24.9. The Morgan fingerprint density at radius 1 is 0.439 bits per heavy atom. The van der Waals surface area contributed by atoms with Crippen LogP contribution < -0.4 is 5.32 Å². The van der Waals surface area contributed by atoms with Crippen molar-refractivity contribution in [1.29, 1.82) is 0 Å². The number of hydrogen-bond acceptors (Lipinski definition) is 5. The van der Waals surface area contributed by atoms with Crippen LogP contribution in [0.5, 0.6) is 0 Å². The lowest BCUT2D eigenvalue weighted by Crippen LogP contribution is -2.53. The minimum Gasteiger partial charge on any atom is -0.394 e. The lowest BCUT2D eigenvalue weighted by molar-refractivity contribution is -0.132. The van der Waals surface area contributed by atoms with E-state index >= 15 is 0 Å². The molecule has 0 saturated carbocycles. The van der Waals surface area contributed by atoms with Crippen LogP contribution in [-0.2, 0) is 4.79 Å². The van der Waals surface area contributed by atoms with Crippen LogP contribution in [0.1, 0.15) is 251 Å². The first-order chi connectivity index (χ1) is 28.0. The van der Waals surface area contributed by atoms with Crippen LogP contribution in [0.3, 0.4) is 0 Å². The molecule has 0 saturated heterocycles. The standard InChI is InChI=1S/C51H97NO5/c1-3-5-7-9-11-13-15-17-19-21-22-23-24-25-26-27-29-31-33-35-37-39-41-43-45-49(55)51(57)52-47(46-53)50(56)48(54)44-42-40-38-36-34-32-30-28-20-18-16-14-12-10-8-6-4-2/h22-23,25-26,36,38,47-50,53-56H,3-21,24,27-35,37,39-46H2,1-2H3,(H,52,57)/b23-22-,26-25-,38-36+. The number of nitrogens with one attached hydrogen (secondary N) is 1. The van der Waals surface area contributed by atoms with Crippen molar-refractivity contribution in [3.63, 3.8) is 0 Å². The molecule has 0 aliphatic heterocycles. The Balaban J connectivity index is 3.73. The third-order valence-electron chi connectivity index (χ3n) is 11.6. The van der Waals surface area contributed by atoms with Gasteiger partial charge in [0.25, 0.3) is 0 Å². The second kappa shape index (κ2) is 45.6. The fraction of sp³-hybridized carbons (Fsp3) is 0.863. The molecule has 0 aromatic heterocycles. The maximum absolute atomic E-state index is 12.5. The minimum atomic E-state index is -1.28. The Hall–Kier alpha value is -1.47. The van der Waals surface area contributed by atoms with Crippen LogP contribution in [0.15, 0.2) is 36.5 Å². The first-order valence-corrected chi connectivity index (χ1v) is 24.9. The van der Waals surface area contributed by atoms with Crippen molar-refractivity contribution in [3.8, 4) is 0 Å². The lowest BCUT2D eigenvalue weighted by atomic mass is 10.00. The minimum absolute atomic E-state index is 0.356. The van der Waals surface area contributed by atoms with Crippen molar-refractivity contribution in [2.24, 2.45) is 0 Å². The Morgan fingerprint density at radius 3 is 1.16 bits per heavy atom. The number of carbonyl (C=O) groups is 1. The number of amides is 1. The van der Waals surface area contributed by atoms with Crippen molar-refractivity contribution >= 4 is 5.91 Å². The fourth-order valence-electron chi connectivity index (χ4n) is 7.61. The van der Waals surface area contributed by atoms with Gasteiger partial charge in [-0.15, -0.1) is 0 Å². The highest BCUT2D eigenvalue weighted by molar-refractivity contribution is 5.80. The maximum atomic E-state index is 12.5. The van der Waals surface area contributed by atoms with Crippen LogP contribution in [0.25, 0.3) is 0 Å². The molecule has 0 fully saturated rings. The number of aliphatic hydroxyl groups is 4. The van der Waals surface area contributed by atoms with Gasteiger partial charge in [-0.05, 0) is 70.6 Å². The Kier molecular flexibility index (Phi) is 44.4. The van der Waals surface area contributed by atoms with E-state index in [2.05, 4.69) is 55.6 Å². The number of carbonyl (C=O) groups excluding carboxylic acids is 1. The van der Waals surface area contributed by atoms with Gasteiger partial charge in [0.15, 0.2) is 0 Å². The molecule has 0 radical (unpaired) electrons. The molecule has 0 spiro atoms. The molecule has 5 N–H and O–H groups in total. The zero-order valence-electron chi connectivity index (χ0n) is 37.8. The molecule has 0 aliphatic carbocycles. The summed E-state index contributed by atoms with van der Waals surface area (Å²) in [5, 5.41) is 43.8. The van der Waals surface area contributed by atoms with Gasteiger partial charge in [0.1, 0.15) is 12.2 Å². The van der Waals surface area contributed by atoms with Gasteiger partial charge in [-0.3, -0.25) is 4.79 Å². The van der Waals surface area contributed by atoms with Crippen molar-refractivity contribution in [3.05, 3.63) is 36.5 Å². The summed E-state index contributed by atoms with van der Waals surface area (Å²) in [6, 6.07) is -1.00. The van der Waals surface area contributed by atoms with Gasteiger partial charge in [-0.2, -0.15) is 0 Å². The molecular weight excluding hydrogens is 707 g/mol. The van der Waals surface area contributed by atoms with E-state index < -0.39 is 36.9 Å². The summed E-state index contributed by atoms with van der Waals surface area (Å²) in [4.78, 5) is 12.5. The van der Waals surface area contributed by atoms with Crippen molar-refractivity contribution in [2.75, 3.05) is 6.61 Å². The average molecular weight is 804 g/mol. The SMILES string of the molecule is CCCCCCCCCCC/C=C\C/C=C\CCCCCCCCCCC(O)C(=O)NC(CO)C(O)C(O)CCC/C=C/CCCCCCCCCCCCCC. The fourth-order valence-corrected chi connectivity index (χ4v) is 7.61. The van der Waals surface area contributed by atoms with Crippen LogP contribution >= 0.6 is 0 Å². The molecule has 0 bridgehead atoms. The van der Waals surface area contributed by atoms with E-state index in [1.165, 1.54) is 173 Å². The van der Waals surface area contributed by atoms with Gasteiger partial charge in [-0.25, -0.2) is 0 Å². The van der Waals surface area contributed by atoms with Crippen molar-refractivity contribution in [1.82, 2.24) is 5.32 Å². The normalized spacial score (nSPS) is 14.3. The monoisotopic (exact) mass is 804 g/mol. The molecule has 57 heavy (non-hydrogen) atoms. The Morgan fingerprint density at radius 2 is 0.772 bits per heavy atom. The van der Waals surface area contributed by atoms with E-state index in [0.29, 0.717) is 12.8 Å². The molecule has 0 aromatic carbocycles. The van der Waals surface area contributed by atoms with E-state index in [1.54, 1.807) is 0 Å². The molecule has 0 aromatic rings. The smallest absolute Gasteiger partial charge is 0.249 e. The maximum Gasteiger partial charge on any atom is 0.249 e. The van der Waals surface area contributed by atoms with E-state index in [1.807, 2.05) is 0 Å². The highest BCUT2D eigenvalue weighted by Crippen LogP contribution is 2.16. The van der Waals surface area contributed by atoms with E-state index in [0.717, 1.165) is 51.4 Å². The number of hydrogen-bond donors (Lipinski definition) is 5.